The number of amides is 1. The van der Waals surface area contributed by atoms with Crippen molar-refractivity contribution in [1.29, 1.82) is 0 Å². The molecule has 5 heteroatoms. The van der Waals surface area contributed by atoms with E-state index in [1.807, 2.05) is 21.7 Å². The zero-order valence-electron chi connectivity index (χ0n) is 15.5. The first-order valence-corrected chi connectivity index (χ1v) is 9.77. The second-order valence-electron chi connectivity index (χ2n) is 6.94. The predicted molar refractivity (Wildman–Crippen MR) is 102 cm³/mol. The van der Waals surface area contributed by atoms with Gasteiger partial charge in [-0.05, 0) is 37.3 Å². The van der Waals surface area contributed by atoms with Crippen LogP contribution in [0.4, 0.5) is 0 Å². The van der Waals surface area contributed by atoms with Crippen molar-refractivity contribution < 1.29 is 9.53 Å². The van der Waals surface area contributed by atoms with Gasteiger partial charge in [0, 0.05) is 25.5 Å². The van der Waals surface area contributed by atoms with Crippen LogP contribution in [0.1, 0.15) is 44.1 Å². The van der Waals surface area contributed by atoms with Gasteiger partial charge in [-0.3, -0.25) is 4.79 Å². The average molecular weight is 355 g/mol. The van der Waals surface area contributed by atoms with Gasteiger partial charge in [0.15, 0.2) is 0 Å². The lowest BCUT2D eigenvalue weighted by Crippen LogP contribution is -2.36. The predicted octanol–water partition coefficient (Wildman–Crippen LogP) is 3.69. The topological polar surface area (TPSA) is 47.4 Å². The third kappa shape index (κ3) is 5.61. The number of nitrogens with zero attached hydrogens (tertiary/aromatic N) is 3. The van der Waals surface area contributed by atoms with Gasteiger partial charge in [-0.1, -0.05) is 37.5 Å². The second kappa shape index (κ2) is 10.00. The molecule has 1 aromatic heterocycles. The smallest absolute Gasteiger partial charge is 0.242 e. The molecule has 0 atom stereocenters. The van der Waals surface area contributed by atoms with Crippen LogP contribution in [-0.4, -0.2) is 40.1 Å². The van der Waals surface area contributed by atoms with Crippen LogP contribution in [-0.2, 0) is 17.8 Å². The quantitative estimate of drug-likeness (QED) is 0.825. The van der Waals surface area contributed by atoms with Crippen molar-refractivity contribution >= 4 is 5.91 Å². The van der Waals surface area contributed by atoms with Crippen molar-refractivity contribution in [2.24, 2.45) is 0 Å². The number of imidazole rings is 1. The van der Waals surface area contributed by atoms with E-state index in [0.717, 1.165) is 38.1 Å². The Kier molecular flexibility index (Phi) is 7.11. The van der Waals surface area contributed by atoms with Crippen LogP contribution in [0, 0.1) is 0 Å². The third-order valence-electron chi connectivity index (χ3n) is 4.91. The zero-order valence-corrected chi connectivity index (χ0v) is 15.5. The molecule has 0 aliphatic carbocycles. The Bertz CT molecular complexity index is 670. The number of ether oxygens (including phenoxy) is 1. The van der Waals surface area contributed by atoms with Gasteiger partial charge >= 0.3 is 0 Å². The molecule has 0 bridgehead atoms. The van der Waals surface area contributed by atoms with Crippen molar-refractivity contribution in [2.75, 3.05) is 19.7 Å². The number of aromatic nitrogens is 2. The minimum Gasteiger partial charge on any atom is -0.493 e. The van der Waals surface area contributed by atoms with Crippen molar-refractivity contribution in [1.82, 2.24) is 14.5 Å². The van der Waals surface area contributed by atoms with E-state index < -0.39 is 0 Å². The number of para-hydroxylation sites is 1. The number of aryl methyl sites for hydroxylation is 1. The number of fused-ring (bicyclic) bond motifs is 1. The Hall–Kier alpha value is -2.30. The van der Waals surface area contributed by atoms with Crippen LogP contribution in [0.3, 0.4) is 0 Å². The number of carbonyl (C=O) groups is 1. The van der Waals surface area contributed by atoms with Gasteiger partial charge in [-0.2, -0.15) is 0 Å². The fourth-order valence-electron chi connectivity index (χ4n) is 3.43. The first-order valence-electron chi connectivity index (χ1n) is 9.77. The minimum absolute atomic E-state index is 0.162. The van der Waals surface area contributed by atoms with Crippen LogP contribution >= 0.6 is 0 Å². The Morgan fingerprint density at radius 2 is 1.85 bits per heavy atom. The van der Waals surface area contributed by atoms with E-state index in [1.165, 1.54) is 31.2 Å². The Morgan fingerprint density at radius 3 is 2.73 bits per heavy atom. The summed E-state index contributed by atoms with van der Waals surface area (Å²) in [7, 11) is 0. The molecular formula is C21H29N3O2. The average Bonchev–Trinajstić information content (AvgIpc) is 3.16. The van der Waals surface area contributed by atoms with Crippen LogP contribution in [0.5, 0.6) is 5.75 Å². The molecule has 0 radical (unpaired) electrons. The molecule has 0 unspecified atom stereocenters. The maximum absolute atomic E-state index is 12.6. The van der Waals surface area contributed by atoms with E-state index in [0.29, 0.717) is 13.2 Å². The van der Waals surface area contributed by atoms with Crippen LogP contribution in [0.15, 0.2) is 43.0 Å². The highest BCUT2D eigenvalue weighted by Gasteiger charge is 2.14. The summed E-state index contributed by atoms with van der Waals surface area (Å²) in [5, 5.41) is 0. The van der Waals surface area contributed by atoms with Crippen molar-refractivity contribution in [2.45, 2.75) is 51.5 Å². The van der Waals surface area contributed by atoms with Gasteiger partial charge in [-0.15, -0.1) is 0 Å². The Morgan fingerprint density at radius 1 is 1.04 bits per heavy atom. The van der Waals surface area contributed by atoms with Gasteiger partial charge in [0.2, 0.25) is 5.91 Å². The van der Waals surface area contributed by atoms with Gasteiger partial charge < -0.3 is 14.2 Å². The lowest BCUT2D eigenvalue weighted by molar-refractivity contribution is -0.132. The molecule has 1 aliphatic heterocycles. The normalized spacial score (nSPS) is 17.0. The van der Waals surface area contributed by atoms with E-state index in [9.17, 15) is 4.79 Å². The SMILES string of the molecule is O=C(Cn1ccnc1)N1CCCCCCCc2ccccc2OCCC1. The molecular weight excluding hydrogens is 326 g/mol. The molecule has 5 nitrogen and oxygen atoms in total. The minimum atomic E-state index is 0.162. The van der Waals surface area contributed by atoms with E-state index in [-0.39, 0.29) is 5.91 Å². The molecule has 0 saturated carbocycles. The molecule has 1 amide bonds. The molecule has 3 rings (SSSR count). The number of benzene rings is 1. The zero-order chi connectivity index (χ0) is 18.0. The molecule has 0 spiro atoms. The van der Waals surface area contributed by atoms with Gasteiger partial charge in [0.05, 0.1) is 12.9 Å². The molecule has 1 aliphatic rings. The molecule has 2 heterocycles. The van der Waals surface area contributed by atoms with E-state index in [2.05, 4.69) is 23.2 Å². The molecule has 0 saturated heterocycles. The largest absolute Gasteiger partial charge is 0.493 e. The number of hydrogen-bond acceptors (Lipinski definition) is 3. The molecule has 26 heavy (non-hydrogen) atoms. The maximum Gasteiger partial charge on any atom is 0.242 e. The fourth-order valence-corrected chi connectivity index (χ4v) is 3.43. The summed E-state index contributed by atoms with van der Waals surface area (Å²) < 4.78 is 7.85. The van der Waals surface area contributed by atoms with Crippen molar-refractivity contribution in [3.63, 3.8) is 0 Å². The fraction of sp³-hybridized carbons (Fsp3) is 0.524. The summed E-state index contributed by atoms with van der Waals surface area (Å²) in [6.45, 7) is 2.59. The summed E-state index contributed by atoms with van der Waals surface area (Å²) in [4.78, 5) is 18.6. The first kappa shape index (κ1) is 18.5. The lowest BCUT2D eigenvalue weighted by Gasteiger charge is -2.23. The monoisotopic (exact) mass is 355 g/mol. The van der Waals surface area contributed by atoms with Gasteiger partial charge in [-0.25, -0.2) is 4.98 Å². The summed E-state index contributed by atoms with van der Waals surface area (Å²) in [6, 6.07) is 8.34. The van der Waals surface area contributed by atoms with Crippen molar-refractivity contribution in [3.05, 3.63) is 48.5 Å². The summed E-state index contributed by atoms with van der Waals surface area (Å²) >= 11 is 0. The maximum atomic E-state index is 12.6. The van der Waals surface area contributed by atoms with Crippen LogP contribution < -0.4 is 4.74 Å². The second-order valence-corrected chi connectivity index (χ2v) is 6.94. The first-order chi connectivity index (χ1) is 12.8. The van der Waals surface area contributed by atoms with E-state index in [4.69, 9.17) is 4.74 Å². The van der Waals surface area contributed by atoms with Gasteiger partial charge in [0.25, 0.3) is 0 Å². The molecule has 140 valence electrons. The molecule has 0 fully saturated rings. The molecule has 2 aromatic rings. The lowest BCUT2D eigenvalue weighted by atomic mass is 10.0. The van der Waals surface area contributed by atoms with Crippen molar-refractivity contribution in [3.8, 4) is 5.75 Å². The highest BCUT2D eigenvalue weighted by atomic mass is 16.5. The third-order valence-corrected chi connectivity index (χ3v) is 4.91. The highest BCUT2D eigenvalue weighted by molar-refractivity contribution is 5.75. The highest BCUT2D eigenvalue weighted by Crippen LogP contribution is 2.21. The summed E-state index contributed by atoms with van der Waals surface area (Å²) in [5.41, 5.74) is 1.30. The molecule has 1 aromatic carbocycles. The summed E-state index contributed by atoms with van der Waals surface area (Å²) in [5.74, 6) is 1.16. The number of rotatable bonds is 2. The Labute approximate surface area is 156 Å². The Balaban J connectivity index is 1.59. The van der Waals surface area contributed by atoms with Gasteiger partial charge in [0.1, 0.15) is 12.3 Å². The molecule has 0 N–H and O–H groups in total. The summed E-state index contributed by atoms with van der Waals surface area (Å²) in [6.07, 6.45) is 13.1. The standard InChI is InChI=1S/C21H29N3O2/c25-21(17-23-15-12-22-18-23)24-13-7-3-1-2-4-9-19-10-5-6-11-20(19)26-16-8-14-24/h5-6,10-12,15,18H,1-4,7-9,13-14,16-17H2. The van der Waals surface area contributed by atoms with E-state index >= 15 is 0 Å². The number of hydrogen-bond donors (Lipinski definition) is 0. The van der Waals surface area contributed by atoms with E-state index in [1.54, 1.807) is 12.5 Å². The van der Waals surface area contributed by atoms with Crippen LogP contribution in [0.2, 0.25) is 0 Å². The number of carbonyl (C=O) groups excluding carboxylic acids is 1. The van der Waals surface area contributed by atoms with Crippen LogP contribution in [0.25, 0.3) is 0 Å².